The molecule has 4 rings (SSSR count). The smallest absolute Gasteiger partial charge is 0.306 e. The van der Waals surface area contributed by atoms with Crippen LogP contribution in [0.3, 0.4) is 0 Å². The summed E-state index contributed by atoms with van der Waals surface area (Å²) in [6.07, 6.45) is 1.82. The zero-order chi connectivity index (χ0) is 23.4. The molecule has 0 fully saturated rings. The van der Waals surface area contributed by atoms with Gasteiger partial charge in [-0.25, -0.2) is 0 Å². The molecule has 5 heteroatoms. The van der Waals surface area contributed by atoms with Gasteiger partial charge in [0.2, 0.25) is 0 Å². The van der Waals surface area contributed by atoms with Gasteiger partial charge in [-0.15, -0.1) is 0 Å². The number of nitrogens with zero attached hydrogens (tertiary/aromatic N) is 1. The fourth-order valence-electron chi connectivity index (χ4n) is 4.48. The Balaban J connectivity index is 1.66. The van der Waals surface area contributed by atoms with Crippen molar-refractivity contribution in [2.24, 2.45) is 5.92 Å². The Morgan fingerprint density at radius 1 is 1.03 bits per heavy atom. The molecule has 1 unspecified atom stereocenters. The van der Waals surface area contributed by atoms with E-state index in [4.69, 9.17) is 4.74 Å². The molecule has 33 heavy (non-hydrogen) atoms. The van der Waals surface area contributed by atoms with Crippen LogP contribution < -0.4 is 4.74 Å². The fraction of sp³-hybridized carbons (Fsp3) is 0.250. The van der Waals surface area contributed by atoms with Gasteiger partial charge in [-0.2, -0.15) is 0 Å². The molecule has 170 valence electrons. The van der Waals surface area contributed by atoms with Crippen molar-refractivity contribution in [1.29, 1.82) is 0 Å². The lowest BCUT2D eigenvalue weighted by Crippen LogP contribution is -2.17. The summed E-state index contributed by atoms with van der Waals surface area (Å²) in [5.74, 6) is -0.362. The monoisotopic (exact) mass is 505 g/mol. The second-order valence-electron chi connectivity index (χ2n) is 8.42. The minimum absolute atomic E-state index is 0.428. The molecule has 0 aliphatic heterocycles. The molecule has 0 saturated carbocycles. The summed E-state index contributed by atoms with van der Waals surface area (Å²) in [6.45, 7) is 2.89. The van der Waals surface area contributed by atoms with Gasteiger partial charge in [0.15, 0.2) is 0 Å². The first-order valence-electron chi connectivity index (χ1n) is 11.1. The predicted molar refractivity (Wildman–Crippen MR) is 136 cm³/mol. The number of methoxy groups -OCH3 is 1. The molecule has 1 aromatic heterocycles. The third-order valence-electron chi connectivity index (χ3n) is 6.33. The molecule has 0 amide bonds. The van der Waals surface area contributed by atoms with Gasteiger partial charge in [0.1, 0.15) is 5.75 Å². The number of benzene rings is 3. The van der Waals surface area contributed by atoms with Crippen LogP contribution >= 0.6 is 15.9 Å². The van der Waals surface area contributed by atoms with Gasteiger partial charge in [0.25, 0.3) is 0 Å². The average Bonchev–Trinajstić information content (AvgIpc) is 3.08. The first kappa shape index (κ1) is 23.1. The van der Waals surface area contributed by atoms with Crippen LogP contribution in [0, 0.1) is 12.8 Å². The molecule has 4 nitrogen and oxygen atoms in total. The summed E-state index contributed by atoms with van der Waals surface area (Å²) >= 11 is 3.51. The number of aliphatic carboxylic acids is 1. The number of rotatable bonds is 9. The Morgan fingerprint density at radius 3 is 2.42 bits per heavy atom. The van der Waals surface area contributed by atoms with Crippen LogP contribution in [0.1, 0.15) is 28.8 Å². The molecule has 1 atom stereocenters. The van der Waals surface area contributed by atoms with E-state index in [9.17, 15) is 9.90 Å². The van der Waals surface area contributed by atoms with Gasteiger partial charge >= 0.3 is 5.97 Å². The van der Waals surface area contributed by atoms with Crippen molar-refractivity contribution in [1.82, 2.24) is 4.57 Å². The lowest BCUT2D eigenvalue weighted by Gasteiger charge is -2.13. The summed E-state index contributed by atoms with van der Waals surface area (Å²) in [6, 6.07) is 24.4. The maximum Gasteiger partial charge on any atom is 0.306 e. The molecule has 0 aliphatic rings. The van der Waals surface area contributed by atoms with Crippen molar-refractivity contribution in [2.45, 2.75) is 32.7 Å². The molecule has 0 aliphatic carbocycles. The van der Waals surface area contributed by atoms with Crippen molar-refractivity contribution < 1.29 is 14.6 Å². The molecule has 1 N–H and O–H groups in total. The third-order valence-corrected chi connectivity index (χ3v) is 6.86. The number of carboxylic acids is 1. The lowest BCUT2D eigenvalue weighted by atomic mass is 9.92. The highest BCUT2D eigenvalue weighted by Gasteiger charge is 2.21. The molecule has 0 radical (unpaired) electrons. The molecule has 1 heterocycles. The molecular formula is C28H28BrNO3. The summed E-state index contributed by atoms with van der Waals surface area (Å²) in [4.78, 5) is 12.0. The SMILES string of the molecule is COc1ccc2c(c1)c(CCC(Cc1ccccc1)C(=O)O)c(C)n2Cc1ccc(Br)cc1. The van der Waals surface area contributed by atoms with E-state index in [-0.39, 0.29) is 0 Å². The van der Waals surface area contributed by atoms with E-state index in [0.29, 0.717) is 19.3 Å². The van der Waals surface area contributed by atoms with Crippen molar-refractivity contribution in [3.8, 4) is 5.75 Å². The van der Waals surface area contributed by atoms with E-state index < -0.39 is 11.9 Å². The van der Waals surface area contributed by atoms with E-state index in [2.05, 4.69) is 63.8 Å². The van der Waals surface area contributed by atoms with Crippen molar-refractivity contribution in [3.63, 3.8) is 0 Å². The quantitative estimate of drug-likeness (QED) is 0.277. The van der Waals surface area contributed by atoms with Crippen molar-refractivity contribution in [2.75, 3.05) is 7.11 Å². The maximum atomic E-state index is 12.0. The molecular weight excluding hydrogens is 478 g/mol. The molecule has 0 saturated heterocycles. The predicted octanol–water partition coefficient (Wildman–Crippen LogP) is 6.65. The number of carbonyl (C=O) groups is 1. The second kappa shape index (κ2) is 10.3. The van der Waals surface area contributed by atoms with Gasteiger partial charge in [-0.05, 0) is 73.2 Å². The number of halogens is 1. The van der Waals surface area contributed by atoms with E-state index in [1.807, 2.05) is 36.4 Å². The Bertz CT molecular complexity index is 1250. The number of carboxylic acid groups (broad SMARTS) is 1. The van der Waals surface area contributed by atoms with Gasteiger partial charge in [0, 0.05) is 27.6 Å². The molecule has 3 aromatic carbocycles. The zero-order valence-corrected chi connectivity index (χ0v) is 20.5. The maximum absolute atomic E-state index is 12.0. The van der Waals surface area contributed by atoms with E-state index in [0.717, 1.165) is 33.2 Å². The Labute approximate surface area is 203 Å². The average molecular weight is 506 g/mol. The molecule has 0 bridgehead atoms. The lowest BCUT2D eigenvalue weighted by molar-refractivity contribution is -0.141. The van der Waals surface area contributed by atoms with E-state index in [1.165, 1.54) is 16.8 Å². The minimum atomic E-state index is -0.743. The first-order valence-corrected chi connectivity index (χ1v) is 11.9. The van der Waals surface area contributed by atoms with Crippen LogP contribution in [0.4, 0.5) is 0 Å². The van der Waals surface area contributed by atoms with Gasteiger partial charge < -0.3 is 14.4 Å². The summed E-state index contributed by atoms with van der Waals surface area (Å²) in [7, 11) is 1.67. The van der Waals surface area contributed by atoms with Crippen molar-refractivity contribution >= 4 is 32.8 Å². The zero-order valence-electron chi connectivity index (χ0n) is 18.9. The normalized spacial score (nSPS) is 12.1. The third kappa shape index (κ3) is 5.31. The van der Waals surface area contributed by atoms with Gasteiger partial charge in [0.05, 0.1) is 13.0 Å². The number of aromatic nitrogens is 1. The summed E-state index contributed by atoms with van der Waals surface area (Å²) < 4.78 is 8.87. The Morgan fingerprint density at radius 2 is 1.76 bits per heavy atom. The van der Waals surface area contributed by atoms with Crippen molar-refractivity contribution in [3.05, 3.63) is 99.7 Å². The number of fused-ring (bicyclic) bond motifs is 1. The second-order valence-corrected chi connectivity index (χ2v) is 9.34. The topological polar surface area (TPSA) is 51.5 Å². The molecule has 0 spiro atoms. The largest absolute Gasteiger partial charge is 0.497 e. The number of ether oxygens (including phenoxy) is 1. The van der Waals surface area contributed by atoms with Gasteiger partial charge in [-0.1, -0.05) is 58.4 Å². The number of hydrogen-bond donors (Lipinski definition) is 1. The van der Waals surface area contributed by atoms with E-state index in [1.54, 1.807) is 7.11 Å². The number of hydrogen-bond acceptors (Lipinski definition) is 2. The Hall–Kier alpha value is -3.05. The summed E-state index contributed by atoms with van der Waals surface area (Å²) in [5.41, 5.74) is 5.78. The van der Waals surface area contributed by atoms with Gasteiger partial charge in [-0.3, -0.25) is 4.79 Å². The van der Waals surface area contributed by atoms with Crippen LogP contribution in [0.2, 0.25) is 0 Å². The first-order chi connectivity index (χ1) is 16.0. The highest BCUT2D eigenvalue weighted by molar-refractivity contribution is 9.10. The van der Waals surface area contributed by atoms with Crippen LogP contribution in [0.15, 0.2) is 77.3 Å². The number of aryl methyl sites for hydroxylation is 1. The Kier molecular flexibility index (Phi) is 7.19. The highest BCUT2D eigenvalue weighted by atomic mass is 79.9. The molecule has 4 aromatic rings. The highest BCUT2D eigenvalue weighted by Crippen LogP contribution is 2.32. The van der Waals surface area contributed by atoms with Crippen LogP contribution in [0.5, 0.6) is 5.75 Å². The van der Waals surface area contributed by atoms with E-state index >= 15 is 0 Å². The van der Waals surface area contributed by atoms with Crippen LogP contribution in [-0.2, 0) is 24.2 Å². The standard InChI is InChI=1S/C28H28BrNO3/c1-19-25(14-10-22(28(31)32)16-20-6-4-3-5-7-20)26-17-24(33-2)13-15-27(26)30(19)18-21-8-11-23(29)12-9-21/h3-9,11-13,15,17,22H,10,14,16,18H2,1-2H3,(H,31,32). The summed E-state index contributed by atoms with van der Waals surface area (Å²) in [5, 5.41) is 11.0. The van der Waals surface area contributed by atoms with Crippen LogP contribution in [0.25, 0.3) is 10.9 Å². The minimum Gasteiger partial charge on any atom is -0.497 e. The fourth-order valence-corrected chi connectivity index (χ4v) is 4.74. The van der Waals surface area contributed by atoms with Crippen LogP contribution in [-0.4, -0.2) is 22.8 Å².